The molecule has 1 rings (SSSR count). The molecule has 2 N–H and O–H groups in total. The van der Waals surface area contributed by atoms with Gasteiger partial charge in [-0.1, -0.05) is 13.8 Å². The molecule has 0 unspecified atom stereocenters. The Hall–Kier alpha value is -1.50. The van der Waals surface area contributed by atoms with Crippen molar-refractivity contribution in [2.45, 2.75) is 65.8 Å². The molecule has 1 heterocycles. The summed E-state index contributed by atoms with van der Waals surface area (Å²) in [5.41, 5.74) is 0. The summed E-state index contributed by atoms with van der Waals surface area (Å²) in [7, 11) is 0. The lowest BCUT2D eigenvalue weighted by Gasteiger charge is -2.32. The van der Waals surface area contributed by atoms with E-state index in [4.69, 9.17) is 9.73 Å². The molecule has 1 saturated heterocycles. The summed E-state index contributed by atoms with van der Waals surface area (Å²) in [6.07, 6.45) is 5.14. The highest BCUT2D eigenvalue weighted by molar-refractivity contribution is 5.80. The summed E-state index contributed by atoms with van der Waals surface area (Å²) in [4.78, 5) is 20.9. The molecule has 0 aromatic rings. The van der Waals surface area contributed by atoms with Crippen molar-refractivity contribution in [2.24, 2.45) is 4.99 Å². The van der Waals surface area contributed by atoms with E-state index in [0.29, 0.717) is 12.6 Å². The molecule has 0 atom stereocenters. The minimum absolute atomic E-state index is 0.194. The van der Waals surface area contributed by atoms with Gasteiger partial charge in [-0.15, -0.1) is 0 Å². The number of piperidine rings is 1. The van der Waals surface area contributed by atoms with Gasteiger partial charge in [-0.2, -0.15) is 0 Å². The maximum atomic E-state index is 11.8. The van der Waals surface area contributed by atoms with E-state index in [1.165, 1.54) is 25.9 Å². The lowest BCUT2D eigenvalue weighted by Crippen LogP contribution is -2.50. The van der Waals surface area contributed by atoms with Crippen LogP contribution < -0.4 is 10.6 Å². The van der Waals surface area contributed by atoms with Crippen molar-refractivity contribution < 1.29 is 9.53 Å². The van der Waals surface area contributed by atoms with Crippen LogP contribution in [-0.2, 0) is 4.74 Å². The fourth-order valence-electron chi connectivity index (χ4n) is 3.39. The van der Waals surface area contributed by atoms with Gasteiger partial charge < -0.3 is 25.2 Å². The summed E-state index contributed by atoms with van der Waals surface area (Å²) < 4.78 is 5.08. The fourth-order valence-corrected chi connectivity index (χ4v) is 3.39. The molecule has 0 saturated carbocycles. The molecule has 1 aliphatic heterocycles. The first-order chi connectivity index (χ1) is 13.1. The van der Waals surface area contributed by atoms with E-state index in [9.17, 15) is 4.79 Å². The van der Waals surface area contributed by atoms with E-state index in [1.807, 2.05) is 6.92 Å². The van der Waals surface area contributed by atoms with Crippen molar-refractivity contribution in [3.05, 3.63) is 0 Å². The van der Waals surface area contributed by atoms with Crippen LogP contribution in [0.4, 0.5) is 4.79 Å². The number of hydrogen-bond donors (Lipinski definition) is 2. The topological polar surface area (TPSA) is 69.2 Å². The number of amides is 1. The average Bonchev–Trinajstić information content (AvgIpc) is 2.66. The minimum atomic E-state index is -0.194. The predicted octanol–water partition coefficient (Wildman–Crippen LogP) is 2.67. The molecule has 0 aromatic heterocycles. The van der Waals surface area contributed by atoms with Crippen molar-refractivity contribution >= 4 is 12.1 Å². The number of nitrogens with zero attached hydrogens (tertiary/aromatic N) is 3. The van der Waals surface area contributed by atoms with Gasteiger partial charge in [0.25, 0.3) is 0 Å². The Kier molecular flexibility index (Phi) is 12.7. The molecular weight excluding hydrogens is 342 g/mol. The van der Waals surface area contributed by atoms with E-state index < -0.39 is 0 Å². The van der Waals surface area contributed by atoms with Gasteiger partial charge >= 0.3 is 6.09 Å². The van der Waals surface area contributed by atoms with Crippen LogP contribution in [0, 0.1) is 0 Å². The molecule has 0 bridgehead atoms. The van der Waals surface area contributed by atoms with Gasteiger partial charge in [-0.25, -0.2) is 4.79 Å². The van der Waals surface area contributed by atoms with Crippen LogP contribution in [0.5, 0.6) is 0 Å². The van der Waals surface area contributed by atoms with Crippen LogP contribution >= 0.6 is 0 Å². The lowest BCUT2D eigenvalue weighted by molar-refractivity contribution is 0.0963. The molecule has 7 nitrogen and oxygen atoms in total. The number of likely N-dealkylation sites (tertiary alicyclic amines) is 1. The second-order valence-electron chi connectivity index (χ2n) is 7.06. The van der Waals surface area contributed by atoms with Gasteiger partial charge in [0.2, 0.25) is 0 Å². The Morgan fingerprint density at radius 3 is 2.33 bits per heavy atom. The number of carbonyl (C=O) groups is 1. The van der Waals surface area contributed by atoms with Crippen molar-refractivity contribution in [1.29, 1.82) is 0 Å². The van der Waals surface area contributed by atoms with Gasteiger partial charge in [0.15, 0.2) is 5.96 Å². The molecule has 0 spiro atoms. The third-order valence-electron chi connectivity index (χ3n) is 4.69. The summed E-state index contributed by atoms with van der Waals surface area (Å²) in [6, 6.07) is 0.352. The maximum absolute atomic E-state index is 11.8. The number of ether oxygens (including phenoxy) is 1. The molecule has 0 aliphatic carbocycles. The number of guanidine groups is 1. The number of rotatable bonds is 11. The van der Waals surface area contributed by atoms with E-state index in [2.05, 4.69) is 36.3 Å². The minimum Gasteiger partial charge on any atom is -0.450 e. The van der Waals surface area contributed by atoms with Crippen LogP contribution in [0.25, 0.3) is 0 Å². The monoisotopic (exact) mass is 383 g/mol. The Balaban J connectivity index is 2.38. The number of hydrogen-bond acceptors (Lipinski definition) is 4. The van der Waals surface area contributed by atoms with Gasteiger partial charge in [0, 0.05) is 32.2 Å². The fraction of sp³-hybridized carbons (Fsp3) is 0.900. The van der Waals surface area contributed by atoms with Gasteiger partial charge in [-0.3, -0.25) is 4.99 Å². The normalized spacial score (nSPS) is 15.9. The molecule has 1 aliphatic rings. The highest BCUT2D eigenvalue weighted by atomic mass is 16.6. The number of carbonyl (C=O) groups excluding carboxylic acids is 1. The SMILES string of the molecule is CCCN(CCC)CCCN=C(NCC)NC1CCN(C(=O)OCC)CC1. The van der Waals surface area contributed by atoms with Crippen LogP contribution in [0.3, 0.4) is 0 Å². The van der Waals surface area contributed by atoms with Gasteiger partial charge in [0.1, 0.15) is 0 Å². The van der Waals surface area contributed by atoms with Crippen LogP contribution in [0.2, 0.25) is 0 Å². The Morgan fingerprint density at radius 1 is 1.11 bits per heavy atom. The van der Waals surface area contributed by atoms with Gasteiger partial charge in [0.05, 0.1) is 6.61 Å². The predicted molar refractivity (Wildman–Crippen MR) is 112 cm³/mol. The molecular formula is C20H41N5O2. The average molecular weight is 384 g/mol. The third-order valence-corrected chi connectivity index (χ3v) is 4.69. The molecule has 7 heteroatoms. The zero-order valence-corrected chi connectivity index (χ0v) is 17.9. The van der Waals surface area contributed by atoms with Crippen LogP contribution in [-0.4, -0.2) is 80.3 Å². The smallest absolute Gasteiger partial charge is 0.409 e. The zero-order chi connectivity index (χ0) is 19.9. The quantitative estimate of drug-likeness (QED) is 0.326. The Morgan fingerprint density at radius 2 is 1.78 bits per heavy atom. The molecule has 0 radical (unpaired) electrons. The maximum Gasteiger partial charge on any atom is 0.409 e. The first-order valence-corrected chi connectivity index (χ1v) is 10.8. The van der Waals surface area contributed by atoms with Crippen molar-refractivity contribution in [3.63, 3.8) is 0 Å². The largest absolute Gasteiger partial charge is 0.450 e. The Labute approximate surface area is 165 Å². The van der Waals surface area contributed by atoms with E-state index >= 15 is 0 Å². The summed E-state index contributed by atoms with van der Waals surface area (Å²) >= 11 is 0. The molecule has 0 aromatic carbocycles. The summed E-state index contributed by atoms with van der Waals surface area (Å²) in [5, 5.41) is 6.88. The van der Waals surface area contributed by atoms with Crippen LogP contribution in [0.1, 0.15) is 59.8 Å². The molecule has 158 valence electrons. The summed E-state index contributed by atoms with van der Waals surface area (Å²) in [5.74, 6) is 0.893. The molecule has 1 amide bonds. The number of aliphatic imine (C=N–C) groups is 1. The van der Waals surface area contributed by atoms with Gasteiger partial charge in [-0.05, 0) is 65.6 Å². The second-order valence-corrected chi connectivity index (χ2v) is 7.06. The zero-order valence-electron chi connectivity index (χ0n) is 17.9. The Bertz CT molecular complexity index is 417. The van der Waals surface area contributed by atoms with E-state index in [1.54, 1.807) is 4.90 Å². The highest BCUT2D eigenvalue weighted by Crippen LogP contribution is 2.11. The number of nitrogens with one attached hydrogen (secondary N) is 2. The lowest BCUT2D eigenvalue weighted by atomic mass is 10.1. The molecule has 1 fully saturated rings. The first-order valence-electron chi connectivity index (χ1n) is 10.8. The van der Waals surface area contributed by atoms with Crippen molar-refractivity contribution in [2.75, 3.05) is 52.4 Å². The van der Waals surface area contributed by atoms with E-state index in [0.717, 1.165) is 57.9 Å². The van der Waals surface area contributed by atoms with Crippen molar-refractivity contribution in [3.8, 4) is 0 Å². The standard InChI is InChI=1S/C20H41N5O2/c1-5-13-24(14-6-2)15-9-12-22-19(21-7-3)23-18-10-16-25(17-11-18)20(26)27-8-4/h18H,5-17H2,1-4H3,(H2,21,22,23). The first kappa shape index (κ1) is 23.5. The highest BCUT2D eigenvalue weighted by Gasteiger charge is 2.23. The van der Waals surface area contributed by atoms with E-state index in [-0.39, 0.29) is 6.09 Å². The molecule has 27 heavy (non-hydrogen) atoms. The second kappa shape index (κ2) is 14.5. The van der Waals surface area contributed by atoms with Crippen molar-refractivity contribution in [1.82, 2.24) is 20.4 Å². The summed E-state index contributed by atoms with van der Waals surface area (Å²) in [6.45, 7) is 15.5. The third kappa shape index (κ3) is 9.84. The van der Waals surface area contributed by atoms with Crippen LogP contribution in [0.15, 0.2) is 4.99 Å².